The van der Waals surface area contributed by atoms with Crippen molar-refractivity contribution in [2.75, 3.05) is 7.11 Å². The van der Waals surface area contributed by atoms with Gasteiger partial charge in [-0.3, -0.25) is 4.98 Å². The standard InChI is InChI=1S/C9H11NOS/c1-6-4-9(11-3)8(5-10-6)7(2)12/h4-5H,1-3H3. The normalized spacial score (nSPS) is 9.58. The van der Waals surface area contributed by atoms with Gasteiger partial charge in [-0.25, -0.2) is 0 Å². The number of nitrogens with zero attached hydrogens (tertiary/aromatic N) is 1. The summed E-state index contributed by atoms with van der Waals surface area (Å²) in [6.07, 6.45) is 1.75. The number of rotatable bonds is 2. The smallest absolute Gasteiger partial charge is 0.130 e. The van der Waals surface area contributed by atoms with Crippen LogP contribution in [0, 0.1) is 6.92 Å². The van der Waals surface area contributed by atoms with E-state index >= 15 is 0 Å². The van der Waals surface area contributed by atoms with Gasteiger partial charge < -0.3 is 4.74 Å². The van der Waals surface area contributed by atoms with E-state index in [4.69, 9.17) is 17.0 Å². The lowest BCUT2D eigenvalue weighted by molar-refractivity contribution is 0.413. The zero-order valence-electron chi connectivity index (χ0n) is 7.42. The highest BCUT2D eigenvalue weighted by Crippen LogP contribution is 2.18. The Kier molecular flexibility index (Phi) is 2.76. The minimum Gasteiger partial charge on any atom is -0.496 e. The summed E-state index contributed by atoms with van der Waals surface area (Å²) in [6.45, 7) is 3.79. The first-order chi connectivity index (χ1) is 5.65. The van der Waals surface area contributed by atoms with Crippen LogP contribution in [0.25, 0.3) is 0 Å². The predicted octanol–water partition coefficient (Wildman–Crippen LogP) is 2.14. The number of ether oxygens (including phenoxy) is 1. The van der Waals surface area contributed by atoms with Crippen LogP contribution in [0.5, 0.6) is 5.75 Å². The van der Waals surface area contributed by atoms with E-state index in [-0.39, 0.29) is 0 Å². The molecule has 2 nitrogen and oxygen atoms in total. The third-order valence-electron chi connectivity index (χ3n) is 1.60. The van der Waals surface area contributed by atoms with Gasteiger partial charge in [0.1, 0.15) is 5.75 Å². The van der Waals surface area contributed by atoms with Gasteiger partial charge in [-0.15, -0.1) is 0 Å². The molecule has 0 fully saturated rings. The topological polar surface area (TPSA) is 22.1 Å². The zero-order valence-corrected chi connectivity index (χ0v) is 8.23. The molecule has 0 saturated carbocycles. The van der Waals surface area contributed by atoms with Crippen LogP contribution < -0.4 is 4.74 Å². The summed E-state index contributed by atoms with van der Waals surface area (Å²) in [6, 6.07) is 1.88. The molecule has 0 spiro atoms. The lowest BCUT2D eigenvalue weighted by atomic mass is 10.2. The summed E-state index contributed by atoms with van der Waals surface area (Å²) < 4.78 is 5.16. The lowest BCUT2D eigenvalue weighted by Crippen LogP contribution is -1.98. The van der Waals surface area contributed by atoms with Gasteiger partial charge in [0.15, 0.2) is 0 Å². The molecule has 0 radical (unpaired) electrons. The highest BCUT2D eigenvalue weighted by Gasteiger charge is 2.04. The molecule has 0 aliphatic carbocycles. The van der Waals surface area contributed by atoms with Crippen molar-refractivity contribution >= 4 is 17.1 Å². The molecule has 0 saturated heterocycles. The molecule has 0 bridgehead atoms. The minimum absolute atomic E-state index is 0.801. The molecular formula is C9H11NOS. The summed E-state index contributed by atoms with van der Waals surface area (Å²) >= 11 is 5.04. The van der Waals surface area contributed by atoms with Gasteiger partial charge in [0, 0.05) is 28.4 Å². The van der Waals surface area contributed by atoms with Crippen molar-refractivity contribution in [1.29, 1.82) is 0 Å². The number of aryl methyl sites for hydroxylation is 1. The second-order valence-corrected chi connectivity index (χ2v) is 3.19. The van der Waals surface area contributed by atoms with Crippen molar-refractivity contribution in [2.45, 2.75) is 13.8 Å². The number of thiocarbonyl (C=S) groups is 1. The van der Waals surface area contributed by atoms with E-state index < -0.39 is 0 Å². The molecule has 1 heterocycles. The number of methoxy groups -OCH3 is 1. The molecule has 0 aliphatic rings. The average Bonchev–Trinajstić information content (AvgIpc) is 2.03. The Hall–Kier alpha value is -0.960. The molecule has 0 unspecified atom stereocenters. The Labute approximate surface area is 77.6 Å². The van der Waals surface area contributed by atoms with E-state index in [0.717, 1.165) is 21.9 Å². The lowest BCUT2D eigenvalue weighted by Gasteiger charge is -2.06. The number of hydrogen-bond donors (Lipinski definition) is 0. The zero-order chi connectivity index (χ0) is 9.14. The van der Waals surface area contributed by atoms with E-state index in [9.17, 15) is 0 Å². The Balaban J connectivity index is 3.20. The second-order valence-electron chi connectivity index (χ2n) is 2.58. The Morgan fingerprint density at radius 1 is 1.58 bits per heavy atom. The van der Waals surface area contributed by atoms with Crippen LogP contribution in [-0.2, 0) is 0 Å². The molecule has 64 valence electrons. The van der Waals surface area contributed by atoms with Gasteiger partial charge in [0.05, 0.1) is 7.11 Å². The van der Waals surface area contributed by atoms with E-state index in [1.165, 1.54) is 0 Å². The van der Waals surface area contributed by atoms with Gasteiger partial charge in [-0.05, 0) is 13.8 Å². The van der Waals surface area contributed by atoms with Crippen LogP contribution in [0.1, 0.15) is 18.2 Å². The van der Waals surface area contributed by atoms with Crippen LogP contribution in [0.2, 0.25) is 0 Å². The van der Waals surface area contributed by atoms with Gasteiger partial charge in [-0.1, -0.05) is 12.2 Å². The largest absolute Gasteiger partial charge is 0.496 e. The van der Waals surface area contributed by atoms with Crippen LogP contribution in [0.4, 0.5) is 0 Å². The van der Waals surface area contributed by atoms with Gasteiger partial charge in [0.25, 0.3) is 0 Å². The summed E-state index contributed by atoms with van der Waals surface area (Å²) in [7, 11) is 1.64. The predicted molar refractivity (Wildman–Crippen MR) is 52.9 cm³/mol. The molecule has 0 N–H and O–H groups in total. The SMILES string of the molecule is COc1cc(C)ncc1C(C)=S. The third kappa shape index (κ3) is 1.80. The molecular weight excluding hydrogens is 170 g/mol. The molecule has 0 atom stereocenters. The van der Waals surface area contributed by atoms with E-state index in [2.05, 4.69) is 4.98 Å². The summed E-state index contributed by atoms with van der Waals surface area (Å²) in [5, 5.41) is 0. The maximum Gasteiger partial charge on any atom is 0.130 e. The minimum atomic E-state index is 0.801. The fraction of sp³-hybridized carbons (Fsp3) is 0.333. The molecule has 0 aromatic carbocycles. The summed E-state index contributed by atoms with van der Waals surface area (Å²) in [5.74, 6) is 0.801. The quantitative estimate of drug-likeness (QED) is 0.515. The van der Waals surface area contributed by atoms with Crippen LogP contribution in [0.15, 0.2) is 12.3 Å². The highest BCUT2D eigenvalue weighted by atomic mass is 32.1. The summed E-state index contributed by atoms with van der Waals surface area (Å²) in [4.78, 5) is 4.95. The first kappa shape index (κ1) is 9.13. The maximum absolute atomic E-state index is 5.16. The third-order valence-corrected chi connectivity index (χ3v) is 1.82. The Morgan fingerprint density at radius 2 is 2.25 bits per heavy atom. The first-order valence-corrected chi connectivity index (χ1v) is 4.07. The van der Waals surface area contributed by atoms with Crippen LogP contribution in [0.3, 0.4) is 0 Å². The van der Waals surface area contributed by atoms with Gasteiger partial charge in [-0.2, -0.15) is 0 Å². The Bertz CT molecular complexity index is 309. The van der Waals surface area contributed by atoms with Crippen molar-refractivity contribution in [3.05, 3.63) is 23.5 Å². The fourth-order valence-corrected chi connectivity index (χ4v) is 1.12. The van der Waals surface area contributed by atoms with Crippen molar-refractivity contribution in [2.24, 2.45) is 0 Å². The fourth-order valence-electron chi connectivity index (χ4n) is 0.968. The molecule has 12 heavy (non-hydrogen) atoms. The van der Waals surface area contributed by atoms with Crippen molar-refractivity contribution in [1.82, 2.24) is 4.98 Å². The molecule has 3 heteroatoms. The molecule has 1 rings (SSSR count). The molecule has 1 aromatic rings. The number of aromatic nitrogens is 1. The second kappa shape index (κ2) is 3.63. The van der Waals surface area contributed by atoms with E-state index in [1.54, 1.807) is 13.3 Å². The first-order valence-electron chi connectivity index (χ1n) is 3.66. The van der Waals surface area contributed by atoms with Crippen molar-refractivity contribution in [3.63, 3.8) is 0 Å². The number of pyridine rings is 1. The van der Waals surface area contributed by atoms with Gasteiger partial charge in [0.2, 0.25) is 0 Å². The summed E-state index contributed by atoms with van der Waals surface area (Å²) in [5.41, 5.74) is 1.84. The van der Waals surface area contributed by atoms with Crippen LogP contribution >= 0.6 is 12.2 Å². The number of hydrogen-bond acceptors (Lipinski definition) is 3. The maximum atomic E-state index is 5.16. The Morgan fingerprint density at radius 3 is 2.75 bits per heavy atom. The molecule has 0 amide bonds. The van der Waals surface area contributed by atoms with Crippen molar-refractivity contribution < 1.29 is 4.74 Å². The van der Waals surface area contributed by atoms with E-state index in [1.807, 2.05) is 19.9 Å². The highest BCUT2D eigenvalue weighted by molar-refractivity contribution is 7.80. The average molecular weight is 181 g/mol. The van der Waals surface area contributed by atoms with Gasteiger partial charge >= 0.3 is 0 Å². The molecule has 1 aromatic heterocycles. The van der Waals surface area contributed by atoms with Crippen LogP contribution in [-0.4, -0.2) is 17.0 Å². The van der Waals surface area contributed by atoms with Crippen molar-refractivity contribution in [3.8, 4) is 5.75 Å². The molecule has 0 aliphatic heterocycles. The monoisotopic (exact) mass is 181 g/mol. The van der Waals surface area contributed by atoms with E-state index in [0.29, 0.717) is 0 Å².